The van der Waals surface area contributed by atoms with Gasteiger partial charge in [-0.05, 0) is 24.8 Å². The van der Waals surface area contributed by atoms with Gasteiger partial charge in [-0.1, -0.05) is 0 Å². The van der Waals surface area contributed by atoms with Gasteiger partial charge in [0, 0.05) is 30.4 Å². The van der Waals surface area contributed by atoms with Crippen molar-refractivity contribution in [3.8, 4) is 6.07 Å². The second-order valence-corrected chi connectivity index (χ2v) is 5.99. The topological polar surface area (TPSA) is 64.3 Å². The number of aryl methyl sites for hydroxylation is 1. The van der Waals surface area contributed by atoms with Crippen LogP contribution in [-0.4, -0.2) is 24.2 Å². The average Bonchev–Trinajstić information content (AvgIpc) is 3.01. The second-order valence-electron chi connectivity index (χ2n) is 4.91. The van der Waals surface area contributed by atoms with Crippen LogP contribution in [0.15, 0.2) is 0 Å². The Morgan fingerprint density at radius 3 is 3.00 bits per heavy atom. The quantitative estimate of drug-likeness (QED) is 0.877. The minimum atomic E-state index is 0.0148. The summed E-state index contributed by atoms with van der Waals surface area (Å²) >= 11 is 1.59. The number of hydrogen-bond donors (Lipinski definition) is 1. The van der Waals surface area contributed by atoms with Crippen molar-refractivity contribution in [1.82, 2.24) is 0 Å². The summed E-state index contributed by atoms with van der Waals surface area (Å²) in [5, 5.41) is 19.3. The van der Waals surface area contributed by atoms with Crippen LogP contribution < -0.4 is 4.90 Å². The number of aliphatic hydroxyl groups is 1. The van der Waals surface area contributed by atoms with E-state index in [9.17, 15) is 10.1 Å². The molecule has 18 heavy (non-hydrogen) atoms. The molecule has 0 radical (unpaired) electrons. The molecule has 1 aliphatic heterocycles. The molecule has 3 rings (SSSR count). The molecule has 1 aliphatic carbocycles. The van der Waals surface area contributed by atoms with Gasteiger partial charge in [-0.2, -0.15) is 5.26 Å². The number of nitriles is 1. The molecule has 1 aromatic rings. The molecular formula is C13H14N2O2S. The van der Waals surface area contributed by atoms with Gasteiger partial charge in [0.2, 0.25) is 5.91 Å². The van der Waals surface area contributed by atoms with Crippen molar-refractivity contribution in [2.24, 2.45) is 5.92 Å². The zero-order chi connectivity index (χ0) is 12.7. The van der Waals surface area contributed by atoms with Crippen LogP contribution in [0.3, 0.4) is 0 Å². The molecule has 0 aromatic carbocycles. The van der Waals surface area contributed by atoms with E-state index in [1.807, 2.05) is 0 Å². The molecule has 1 fully saturated rings. The molecular weight excluding hydrogens is 248 g/mol. The van der Waals surface area contributed by atoms with Crippen LogP contribution in [0.1, 0.15) is 28.8 Å². The van der Waals surface area contributed by atoms with E-state index in [0.29, 0.717) is 18.5 Å². The number of thiophene rings is 1. The lowest BCUT2D eigenvalue weighted by Crippen LogP contribution is -2.24. The maximum absolute atomic E-state index is 12.0. The molecule has 1 amide bonds. The molecule has 5 heteroatoms. The van der Waals surface area contributed by atoms with Crippen molar-refractivity contribution >= 4 is 22.2 Å². The van der Waals surface area contributed by atoms with E-state index < -0.39 is 0 Å². The molecule has 94 valence electrons. The van der Waals surface area contributed by atoms with E-state index in [0.717, 1.165) is 29.8 Å². The fraction of sp³-hybridized carbons (Fsp3) is 0.538. The first-order chi connectivity index (χ1) is 8.74. The Hall–Kier alpha value is -1.38. The van der Waals surface area contributed by atoms with Gasteiger partial charge in [0.15, 0.2) is 0 Å². The maximum Gasteiger partial charge on any atom is 0.228 e. The monoisotopic (exact) mass is 262 g/mol. The van der Waals surface area contributed by atoms with Gasteiger partial charge in [-0.3, -0.25) is 4.79 Å². The summed E-state index contributed by atoms with van der Waals surface area (Å²) in [7, 11) is 0. The molecule has 0 bridgehead atoms. The lowest BCUT2D eigenvalue weighted by molar-refractivity contribution is -0.117. The van der Waals surface area contributed by atoms with Gasteiger partial charge in [0.05, 0.1) is 5.56 Å². The molecule has 1 atom stereocenters. The minimum Gasteiger partial charge on any atom is -0.396 e. The average molecular weight is 262 g/mol. The Labute approximate surface area is 109 Å². The number of carbonyl (C=O) groups is 1. The van der Waals surface area contributed by atoms with Gasteiger partial charge < -0.3 is 10.0 Å². The van der Waals surface area contributed by atoms with Crippen molar-refractivity contribution in [2.45, 2.75) is 25.7 Å². The molecule has 1 N–H and O–H groups in total. The van der Waals surface area contributed by atoms with Crippen LogP contribution in [0.5, 0.6) is 0 Å². The SMILES string of the molecule is N#Cc1c(N2CC(CO)CC2=O)sc2c1CCC2. The number of amides is 1. The smallest absolute Gasteiger partial charge is 0.228 e. The van der Waals surface area contributed by atoms with E-state index in [2.05, 4.69) is 6.07 Å². The van der Waals surface area contributed by atoms with Crippen molar-refractivity contribution in [1.29, 1.82) is 5.26 Å². The predicted octanol–water partition coefficient (Wildman–Crippen LogP) is 1.45. The fourth-order valence-corrected chi connectivity index (χ4v) is 4.16. The van der Waals surface area contributed by atoms with E-state index in [4.69, 9.17) is 5.11 Å². The normalized spacial score (nSPS) is 22.3. The molecule has 1 saturated heterocycles. The summed E-state index contributed by atoms with van der Waals surface area (Å²) < 4.78 is 0. The van der Waals surface area contributed by atoms with E-state index in [1.165, 1.54) is 4.88 Å². The van der Waals surface area contributed by atoms with Gasteiger partial charge in [0.25, 0.3) is 0 Å². The van der Waals surface area contributed by atoms with Gasteiger partial charge in [0.1, 0.15) is 11.1 Å². The van der Waals surface area contributed by atoms with E-state index in [1.54, 1.807) is 16.2 Å². The first-order valence-electron chi connectivity index (χ1n) is 6.20. The fourth-order valence-electron chi connectivity index (χ4n) is 2.80. The lowest BCUT2D eigenvalue weighted by atomic mass is 10.1. The Bertz CT molecular complexity index is 544. The number of carbonyl (C=O) groups excluding carboxylic acids is 1. The maximum atomic E-state index is 12.0. The van der Waals surface area contributed by atoms with Crippen LogP contribution in [0, 0.1) is 17.2 Å². The Morgan fingerprint density at radius 2 is 2.33 bits per heavy atom. The number of fused-ring (bicyclic) bond motifs is 1. The summed E-state index contributed by atoms with van der Waals surface area (Å²) in [4.78, 5) is 14.9. The lowest BCUT2D eigenvalue weighted by Gasteiger charge is -2.14. The Balaban J connectivity index is 1.98. The molecule has 2 heterocycles. The van der Waals surface area contributed by atoms with Crippen molar-refractivity contribution in [3.63, 3.8) is 0 Å². The largest absolute Gasteiger partial charge is 0.396 e. The highest BCUT2D eigenvalue weighted by Crippen LogP contribution is 2.42. The van der Waals surface area contributed by atoms with Gasteiger partial charge >= 0.3 is 0 Å². The third-order valence-corrected chi connectivity index (χ3v) is 5.04. The third kappa shape index (κ3) is 1.64. The first-order valence-corrected chi connectivity index (χ1v) is 7.02. The molecule has 0 spiro atoms. The van der Waals surface area contributed by atoms with Crippen molar-refractivity contribution < 1.29 is 9.90 Å². The zero-order valence-electron chi connectivity index (χ0n) is 9.98. The number of aliphatic hydroxyl groups excluding tert-OH is 1. The molecule has 1 unspecified atom stereocenters. The van der Waals surface area contributed by atoms with Crippen LogP contribution in [0.2, 0.25) is 0 Å². The molecule has 1 aromatic heterocycles. The summed E-state index contributed by atoms with van der Waals surface area (Å²) in [6.45, 7) is 0.582. The predicted molar refractivity (Wildman–Crippen MR) is 68.6 cm³/mol. The van der Waals surface area contributed by atoms with Gasteiger partial charge in [-0.25, -0.2) is 0 Å². The molecule has 4 nitrogen and oxygen atoms in total. The van der Waals surface area contributed by atoms with Crippen LogP contribution in [0.25, 0.3) is 0 Å². The Kier molecular flexibility index (Phi) is 2.84. The highest BCUT2D eigenvalue weighted by atomic mass is 32.1. The number of hydrogen-bond acceptors (Lipinski definition) is 4. The van der Waals surface area contributed by atoms with E-state index in [-0.39, 0.29) is 18.4 Å². The summed E-state index contributed by atoms with van der Waals surface area (Å²) in [6, 6.07) is 2.26. The minimum absolute atomic E-state index is 0.0148. The number of nitrogens with zero attached hydrogens (tertiary/aromatic N) is 2. The highest BCUT2D eigenvalue weighted by molar-refractivity contribution is 7.16. The first kappa shape index (κ1) is 11.7. The van der Waals surface area contributed by atoms with Gasteiger partial charge in [-0.15, -0.1) is 11.3 Å². The zero-order valence-corrected chi connectivity index (χ0v) is 10.8. The van der Waals surface area contributed by atoms with E-state index >= 15 is 0 Å². The van der Waals surface area contributed by atoms with Crippen LogP contribution in [0.4, 0.5) is 5.00 Å². The molecule has 2 aliphatic rings. The summed E-state index contributed by atoms with van der Waals surface area (Å²) in [5.41, 5.74) is 1.84. The number of rotatable bonds is 2. The van der Waals surface area contributed by atoms with Crippen LogP contribution >= 0.6 is 11.3 Å². The van der Waals surface area contributed by atoms with Crippen molar-refractivity contribution in [2.75, 3.05) is 18.1 Å². The summed E-state index contributed by atoms with van der Waals surface area (Å²) in [6.07, 6.45) is 3.49. The highest BCUT2D eigenvalue weighted by Gasteiger charge is 2.34. The van der Waals surface area contributed by atoms with Crippen molar-refractivity contribution in [3.05, 3.63) is 16.0 Å². The standard InChI is InChI=1S/C13H14N2O2S/c14-5-10-9-2-1-3-11(9)18-13(10)15-6-8(7-16)4-12(15)17/h8,16H,1-4,6-7H2. The Morgan fingerprint density at radius 1 is 1.50 bits per heavy atom. The third-order valence-electron chi connectivity index (χ3n) is 3.72. The summed E-state index contributed by atoms with van der Waals surface area (Å²) in [5.74, 6) is 0.0476. The second kappa shape index (κ2) is 4.38. The molecule has 0 saturated carbocycles. The number of anilines is 1. The van der Waals surface area contributed by atoms with Crippen LogP contribution in [-0.2, 0) is 17.6 Å².